The molecule has 0 bridgehead atoms. The van der Waals surface area contributed by atoms with Crippen LogP contribution in [-0.4, -0.2) is 42.1 Å². The first-order valence-corrected chi connectivity index (χ1v) is 8.01. The zero-order valence-electron chi connectivity index (χ0n) is 15.1. The van der Waals surface area contributed by atoms with Gasteiger partial charge in [-0.1, -0.05) is 13.8 Å². The molecule has 0 aliphatic heterocycles. The number of rotatable bonds is 7. The fourth-order valence-corrected chi connectivity index (χ4v) is 2.13. The Bertz CT molecular complexity index is 619. The van der Waals surface area contributed by atoms with Gasteiger partial charge in [-0.05, 0) is 39.2 Å². The highest BCUT2D eigenvalue weighted by Gasteiger charge is 2.24. The van der Waals surface area contributed by atoms with E-state index in [2.05, 4.69) is 10.3 Å². The minimum absolute atomic E-state index is 0.0129. The van der Waals surface area contributed by atoms with Gasteiger partial charge in [-0.3, -0.25) is 4.79 Å². The second-order valence-electron chi connectivity index (χ2n) is 6.02. The number of hydrogen-bond acceptors (Lipinski definition) is 5. The van der Waals surface area contributed by atoms with Crippen LogP contribution in [0.2, 0.25) is 0 Å². The lowest BCUT2D eigenvalue weighted by Crippen LogP contribution is -2.38. The van der Waals surface area contributed by atoms with Crippen LogP contribution in [-0.2, 0) is 14.3 Å². The summed E-state index contributed by atoms with van der Waals surface area (Å²) in [4.78, 5) is 38.7. The molecule has 1 atom stereocenters. The molecule has 7 heteroatoms. The Morgan fingerprint density at radius 3 is 2.25 bits per heavy atom. The van der Waals surface area contributed by atoms with Crippen LogP contribution in [0.5, 0.6) is 0 Å². The summed E-state index contributed by atoms with van der Waals surface area (Å²) >= 11 is 0. The molecule has 0 aliphatic rings. The van der Waals surface area contributed by atoms with Crippen molar-refractivity contribution in [2.75, 3.05) is 13.2 Å². The van der Waals surface area contributed by atoms with E-state index in [1.807, 2.05) is 20.8 Å². The second-order valence-corrected chi connectivity index (χ2v) is 6.02. The first-order valence-electron chi connectivity index (χ1n) is 8.01. The number of carbonyl (C=O) groups is 3. The minimum atomic E-state index is -0.682. The molecule has 0 radical (unpaired) electrons. The molecule has 0 fully saturated rings. The summed E-state index contributed by atoms with van der Waals surface area (Å²) in [7, 11) is 0. The predicted octanol–water partition coefficient (Wildman–Crippen LogP) is 2.13. The quantitative estimate of drug-likeness (QED) is 0.742. The molecule has 1 aromatic rings. The monoisotopic (exact) mass is 338 g/mol. The Morgan fingerprint density at radius 2 is 1.71 bits per heavy atom. The van der Waals surface area contributed by atoms with Crippen LogP contribution in [0.1, 0.15) is 59.8 Å². The highest BCUT2D eigenvalue weighted by Crippen LogP contribution is 2.19. The Kier molecular flexibility index (Phi) is 7.00. The third-order valence-electron chi connectivity index (χ3n) is 3.84. The number of aromatic amines is 1. The minimum Gasteiger partial charge on any atom is -0.462 e. The molecule has 0 unspecified atom stereocenters. The van der Waals surface area contributed by atoms with Crippen LogP contribution in [0.3, 0.4) is 0 Å². The second kappa shape index (κ2) is 8.52. The summed E-state index contributed by atoms with van der Waals surface area (Å²) in [5.41, 5.74) is 1.45. The van der Waals surface area contributed by atoms with Gasteiger partial charge in [-0.25, -0.2) is 9.59 Å². The summed E-state index contributed by atoms with van der Waals surface area (Å²) in [6.07, 6.45) is 0. The van der Waals surface area contributed by atoms with Crippen molar-refractivity contribution in [3.05, 3.63) is 22.5 Å². The third kappa shape index (κ3) is 4.84. The van der Waals surface area contributed by atoms with E-state index in [4.69, 9.17) is 9.47 Å². The summed E-state index contributed by atoms with van der Waals surface area (Å²) in [5.74, 6) is -1.26. The molecule has 0 saturated heterocycles. The maximum Gasteiger partial charge on any atom is 0.355 e. The third-order valence-corrected chi connectivity index (χ3v) is 3.84. The summed E-state index contributed by atoms with van der Waals surface area (Å²) < 4.78 is 10.00. The summed E-state index contributed by atoms with van der Waals surface area (Å²) in [5, 5.41) is 2.75. The van der Waals surface area contributed by atoms with Crippen molar-refractivity contribution in [1.82, 2.24) is 10.3 Å². The summed E-state index contributed by atoms with van der Waals surface area (Å²) in [6, 6.07) is -0.0129. The Hall–Kier alpha value is -2.31. The average molecular weight is 338 g/mol. The molecule has 0 saturated carbocycles. The Balaban J connectivity index is 2.74. The van der Waals surface area contributed by atoms with Gasteiger partial charge in [0.25, 0.3) is 5.91 Å². The Labute approximate surface area is 142 Å². The zero-order valence-corrected chi connectivity index (χ0v) is 15.1. The number of H-pyrrole nitrogens is 1. The van der Waals surface area contributed by atoms with Crippen molar-refractivity contribution in [2.24, 2.45) is 5.92 Å². The van der Waals surface area contributed by atoms with Crippen LogP contribution < -0.4 is 5.32 Å². The van der Waals surface area contributed by atoms with Crippen molar-refractivity contribution in [1.29, 1.82) is 0 Å². The number of carbonyl (C=O) groups excluding carboxylic acids is 3. The molecule has 24 heavy (non-hydrogen) atoms. The van der Waals surface area contributed by atoms with E-state index in [1.165, 1.54) is 0 Å². The number of nitrogens with one attached hydrogen (secondary N) is 2. The molecular weight excluding hydrogens is 312 g/mol. The maximum atomic E-state index is 12.2. The number of hydrogen-bond donors (Lipinski definition) is 2. The van der Waals surface area contributed by atoms with E-state index in [9.17, 15) is 14.4 Å². The summed E-state index contributed by atoms with van der Waals surface area (Å²) in [6.45, 7) is 10.7. The molecule has 7 nitrogen and oxygen atoms in total. The number of aromatic nitrogens is 1. The molecular formula is C17H26N2O5. The molecule has 0 spiro atoms. The van der Waals surface area contributed by atoms with Gasteiger partial charge in [0.15, 0.2) is 6.61 Å². The van der Waals surface area contributed by atoms with Gasteiger partial charge in [-0.2, -0.15) is 0 Å². The first kappa shape index (κ1) is 19.7. The molecule has 1 amide bonds. The molecule has 134 valence electrons. The number of ether oxygens (including phenoxy) is 2. The lowest BCUT2D eigenvalue weighted by Gasteiger charge is -2.17. The largest absolute Gasteiger partial charge is 0.462 e. The predicted molar refractivity (Wildman–Crippen MR) is 88.9 cm³/mol. The van der Waals surface area contributed by atoms with Crippen molar-refractivity contribution in [2.45, 2.75) is 47.6 Å². The number of aryl methyl sites for hydroxylation is 1. The van der Waals surface area contributed by atoms with Crippen LogP contribution in [0.25, 0.3) is 0 Å². The molecule has 1 aromatic heterocycles. The van der Waals surface area contributed by atoms with E-state index in [-0.39, 0.29) is 36.8 Å². The van der Waals surface area contributed by atoms with Crippen molar-refractivity contribution in [3.8, 4) is 0 Å². The number of amides is 1. The molecule has 0 aliphatic carbocycles. The average Bonchev–Trinajstić information content (AvgIpc) is 2.79. The van der Waals surface area contributed by atoms with Crippen molar-refractivity contribution < 1.29 is 23.9 Å². The SMILES string of the molecule is CCOC(=O)c1c(C)[nH]c(C(=O)OCC(=O)N[C@H](C)C(C)C)c1C. The van der Waals surface area contributed by atoms with Gasteiger partial charge >= 0.3 is 11.9 Å². The lowest BCUT2D eigenvalue weighted by atomic mass is 10.1. The fraction of sp³-hybridized carbons (Fsp3) is 0.588. The highest BCUT2D eigenvalue weighted by atomic mass is 16.5. The van der Waals surface area contributed by atoms with Gasteiger partial charge in [0.2, 0.25) is 0 Å². The van der Waals surface area contributed by atoms with Crippen LogP contribution in [0, 0.1) is 19.8 Å². The van der Waals surface area contributed by atoms with E-state index < -0.39 is 11.9 Å². The molecule has 2 N–H and O–H groups in total. The van der Waals surface area contributed by atoms with Crippen molar-refractivity contribution >= 4 is 17.8 Å². The first-order chi connectivity index (χ1) is 11.2. The van der Waals surface area contributed by atoms with E-state index in [0.29, 0.717) is 16.8 Å². The van der Waals surface area contributed by atoms with E-state index in [0.717, 1.165) is 0 Å². The van der Waals surface area contributed by atoms with Crippen LogP contribution >= 0.6 is 0 Å². The lowest BCUT2D eigenvalue weighted by molar-refractivity contribution is -0.125. The highest BCUT2D eigenvalue weighted by molar-refractivity contribution is 5.99. The van der Waals surface area contributed by atoms with Gasteiger partial charge in [0.05, 0.1) is 12.2 Å². The van der Waals surface area contributed by atoms with Gasteiger partial charge < -0.3 is 19.8 Å². The van der Waals surface area contributed by atoms with Gasteiger partial charge in [0, 0.05) is 11.7 Å². The van der Waals surface area contributed by atoms with Crippen LogP contribution in [0.15, 0.2) is 0 Å². The topological polar surface area (TPSA) is 97.5 Å². The van der Waals surface area contributed by atoms with Crippen molar-refractivity contribution in [3.63, 3.8) is 0 Å². The van der Waals surface area contributed by atoms with Crippen LogP contribution in [0.4, 0.5) is 0 Å². The normalized spacial score (nSPS) is 12.0. The number of esters is 2. The smallest absolute Gasteiger partial charge is 0.355 e. The molecule has 0 aromatic carbocycles. The maximum absolute atomic E-state index is 12.2. The molecule has 1 heterocycles. The standard InChI is InChI=1S/C17H26N2O5/c1-7-23-16(21)14-10(4)15(19-12(14)6)17(22)24-8-13(20)18-11(5)9(2)3/h9,11,19H,7-8H2,1-6H3,(H,18,20)/t11-/m1/s1. The Morgan fingerprint density at radius 1 is 1.08 bits per heavy atom. The van der Waals surface area contributed by atoms with E-state index >= 15 is 0 Å². The molecule has 1 rings (SSSR count). The fourth-order valence-electron chi connectivity index (χ4n) is 2.13. The van der Waals surface area contributed by atoms with Gasteiger partial charge in [0.1, 0.15) is 5.69 Å². The zero-order chi connectivity index (χ0) is 18.4. The van der Waals surface area contributed by atoms with E-state index in [1.54, 1.807) is 20.8 Å². The van der Waals surface area contributed by atoms with Gasteiger partial charge in [-0.15, -0.1) is 0 Å².